The molecule has 1 aromatic heterocycles. The molecule has 288 valence electrons. The van der Waals surface area contributed by atoms with E-state index in [4.69, 9.17) is 0 Å². The number of nitrogens with zero attached hydrogens (tertiary/aromatic N) is 1. The van der Waals surface area contributed by atoms with E-state index in [1.165, 1.54) is 64.3 Å². The van der Waals surface area contributed by atoms with E-state index in [0.717, 1.165) is 39.6 Å². The van der Waals surface area contributed by atoms with Crippen LogP contribution in [-0.4, -0.2) is 0 Å². The molecule has 11 aromatic rings. The first-order valence-corrected chi connectivity index (χ1v) is 21.6. The van der Waals surface area contributed by atoms with E-state index in [2.05, 4.69) is 247 Å². The van der Waals surface area contributed by atoms with Crippen LogP contribution in [0.4, 0.5) is 28.4 Å². The van der Waals surface area contributed by atoms with Gasteiger partial charge in [0.15, 0.2) is 0 Å². The number of thiophene rings is 1. The van der Waals surface area contributed by atoms with Gasteiger partial charge in [-0.3, -0.25) is 0 Å². The normalized spacial score (nSPS) is 11.3. The lowest BCUT2D eigenvalue weighted by Gasteiger charge is -2.26. The second-order valence-corrected chi connectivity index (χ2v) is 16.4. The molecule has 10 aromatic carbocycles. The van der Waals surface area contributed by atoms with Crippen molar-refractivity contribution in [3.63, 3.8) is 0 Å². The molecule has 0 saturated carbocycles. The van der Waals surface area contributed by atoms with Crippen LogP contribution in [0.1, 0.15) is 0 Å². The minimum atomic E-state index is 1.05. The van der Waals surface area contributed by atoms with E-state index in [1.807, 2.05) is 11.3 Å². The van der Waals surface area contributed by atoms with Gasteiger partial charge in [0.2, 0.25) is 0 Å². The summed E-state index contributed by atoms with van der Waals surface area (Å²) in [4.78, 5) is 2.37. The molecule has 0 spiro atoms. The Morgan fingerprint density at radius 2 is 0.852 bits per heavy atom. The molecular weight excluding hydrogens is 757 g/mol. The molecule has 1 heterocycles. The maximum atomic E-state index is 3.70. The SMILES string of the molecule is c1ccc(-c2cccc(N(c3ccc(-c4cccc(Nc5ccccc5-c5ccccc5)c4)cc3)c3ccc(-c4cccc5c4sc4c6ccccc6ccc54)cc3)c2)cc1. The number of benzene rings is 10. The highest BCUT2D eigenvalue weighted by atomic mass is 32.1. The van der Waals surface area contributed by atoms with Crippen LogP contribution < -0.4 is 10.2 Å². The van der Waals surface area contributed by atoms with Gasteiger partial charge in [-0.15, -0.1) is 11.3 Å². The summed E-state index contributed by atoms with van der Waals surface area (Å²) >= 11 is 1.90. The smallest absolute Gasteiger partial charge is 0.0467 e. The fraction of sp³-hybridized carbons (Fsp3) is 0. The van der Waals surface area contributed by atoms with Gasteiger partial charge < -0.3 is 10.2 Å². The molecule has 0 atom stereocenters. The number of fused-ring (bicyclic) bond motifs is 5. The lowest BCUT2D eigenvalue weighted by atomic mass is 10.0. The average molecular weight is 797 g/mol. The molecular formula is C58H40N2S. The Hall–Kier alpha value is -7.72. The van der Waals surface area contributed by atoms with Crippen molar-refractivity contribution in [1.29, 1.82) is 0 Å². The van der Waals surface area contributed by atoms with Crippen molar-refractivity contribution in [2.45, 2.75) is 0 Å². The van der Waals surface area contributed by atoms with Gasteiger partial charge in [0.25, 0.3) is 0 Å². The Kier molecular flexibility index (Phi) is 9.42. The molecule has 0 radical (unpaired) electrons. The van der Waals surface area contributed by atoms with Crippen molar-refractivity contribution in [3.8, 4) is 44.5 Å². The Morgan fingerprint density at radius 1 is 0.311 bits per heavy atom. The van der Waals surface area contributed by atoms with Gasteiger partial charge in [-0.25, -0.2) is 0 Å². The zero-order chi connectivity index (χ0) is 40.5. The number of anilines is 5. The number of hydrogen-bond acceptors (Lipinski definition) is 3. The first-order valence-electron chi connectivity index (χ1n) is 20.7. The third-order valence-electron chi connectivity index (χ3n) is 11.6. The summed E-state index contributed by atoms with van der Waals surface area (Å²) < 4.78 is 2.67. The van der Waals surface area contributed by atoms with E-state index in [9.17, 15) is 0 Å². The molecule has 0 amide bonds. The lowest BCUT2D eigenvalue weighted by molar-refractivity contribution is 1.28. The first-order chi connectivity index (χ1) is 30.2. The van der Waals surface area contributed by atoms with E-state index in [1.54, 1.807) is 0 Å². The van der Waals surface area contributed by atoms with Crippen molar-refractivity contribution in [3.05, 3.63) is 237 Å². The third kappa shape index (κ3) is 7.01. The first kappa shape index (κ1) is 36.4. The van der Waals surface area contributed by atoms with Crippen LogP contribution >= 0.6 is 11.3 Å². The van der Waals surface area contributed by atoms with Crippen molar-refractivity contribution in [2.24, 2.45) is 0 Å². The highest BCUT2D eigenvalue weighted by Crippen LogP contribution is 2.44. The average Bonchev–Trinajstić information content (AvgIpc) is 3.73. The molecule has 0 aliphatic carbocycles. The van der Waals surface area contributed by atoms with Crippen molar-refractivity contribution in [1.82, 2.24) is 0 Å². The molecule has 0 saturated heterocycles. The highest BCUT2D eigenvalue weighted by molar-refractivity contribution is 7.27. The van der Waals surface area contributed by atoms with Crippen LogP contribution in [-0.2, 0) is 0 Å². The molecule has 0 aliphatic heterocycles. The van der Waals surface area contributed by atoms with E-state index in [-0.39, 0.29) is 0 Å². The Labute approximate surface area is 360 Å². The number of nitrogens with one attached hydrogen (secondary N) is 1. The maximum Gasteiger partial charge on any atom is 0.0467 e. The summed E-state index contributed by atoms with van der Waals surface area (Å²) in [5.41, 5.74) is 14.9. The topological polar surface area (TPSA) is 15.3 Å². The highest BCUT2D eigenvalue weighted by Gasteiger charge is 2.17. The minimum Gasteiger partial charge on any atom is -0.355 e. The molecule has 3 heteroatoms. The second kappa shape index (κ2) is 15.8. The summed E-state index contributed by atoms with van der Waals surface area (Å²) in [5.74, 6) is 0. The molecule has 0 aliphatic rings. The zero-order valence-electron chi connectivity index (χ0n) is 33.4. The van der Waals surface area contributed by atoms with E-state index in [0.29, 0.717) is 0 Å². The molecule has 0 bridgehead atoms. The molecule has 11 rings (SSSR count). The second-order valence-electron chi connectivity index (χ2n) is 15.4. The van der Waals surface area contributed by atoms with Crippen LogP contribution in [0.25, 0.3) is 75.5 Å². The monoisotopic (exact) mass is 796 g/mol. The molecule has 0 fully saturated rings. The Balaban J connectivity index is 0.948. The summed E-state index contributed by atoms with van der Waals surface area (Å²) in [7, 11) is 0. The van der Waals surface area contributed by atoms with Gasteiger partial charge in [-0.2, -0.15) is 0 Å². The summed E-state index contributed by atoms with van der Waals surface area (Å²) in [6, 6.07) is 85.2. The van der Waals surface area contributed by atoms with Crippen LogP contribution in [0.2, 0.25) is 0 Å². The van der Waals surface area contributed by atoms with Gasteiger partial charge in [-0.05, 0) is 104 Å². The maximum absolute atomic E-state index is 3.70. The quantitative estimate of drug-likeness (QED) is 0.157. The minimum absolute atomic E-state index is 1.05. The van der Waals surface area contributed by atoms with Crippen LogP contribution in [0, 0.1) is 0 Å². The van der Waals surface area contributed by atoms with Gasteiger partial charge in [0, 0.05) is 54.2 Å². The predicted octanol–water partition coefficient (Wildman–Crippen LogP) is 17.1. The van der Waals surface area contributed by atoms with Crippen LogP contribution in [0.15, 0.2) is 237 Å². The number of para-hydroxylation sites is 1. The molecule has 2 nitrogen and oxygen atoms in total. The third-order valence-corrected chi connectivity index (χ3v) is 12.9. The fourth-order valence-corrected chi connectivity index (χ4v) is 10.0. The van der Waals surface area contributed by atoms with Crippen LogP contribution in [0.5, 0.6) is 0 Å². The van der Waals surface area contributed by atoms with Crippen molar-refractivity contribution < 1.29 is 0 Å². The van der Waals surface area contributed by atoms with Crippen molar-refractivity contribution in [2.75, 3.05) is 10.2 Å². The Bertz CT molecular complexity index is 3310. The summed E-state index contributed by atoms with van der Waals surface area (Å²) in [5, 5.41) is 8.93. The molecule has 61 heavy (non-hydrogen) atoms. The van der Waals surface area contributed by atoms with Gasteiger partial charge in [-0.1, -0.05) is 182 Å². The van der Waals surface area contributed by atoms with Gasteiger partial charge >= 0.3 is 0 Å². The summed E-state index contributed by atoms with van der Waals surface area (Å²) in [6.07, 6.45) is 0. The fourth-order valence-electron chi connectivity index (χ4n) is 8.64. The van der Waals surface area contributed by atoms with Gasteiger partial charge in [0.1, 0.15) is 0 Å². The van der Waals surface area contributed by atoms with Crippen molar-refractivity contribution >= 4 is 70.7 Å². The van der Waals surface area contributed by atoms with Gasteiger partial charge in [0.05, 0.1) is 0 Å². The summed E-state index contributed by atoms with van der Waals surface area (Å²) in [6.45, 7) is 0. The van der Waals surface area contributed by atoms with Crippen LogP contribution in [0.3, 0.4) is 0 Å². The number of rotatable bonds is 9. The predicted molar refractivity (Wildman–Crippen MR) is 263 cm³/mol. The number of hydrogen-bond donors (Lipinski definition) is 1. The van der Waals surface area contributed by atoms with E-state index >= 15 is 0 Å². The lowest BCUT2D eigenvalue weighted by Crippen LogP contribution is -2.10. The largest absolute Gasteiger partial charge is 0.355 e. The Morgan fingerprint density at radius 3 is 1.64 bits per heavy atom. The van der Waals surface area contributed by atoms with E-state index < -0.39 is 0 Å². The standard InChI is InChI=1S/C58H40N2S/c1-3-14-40(15-4-1)46-20-12-22-50(39-46)60(49-35-30-44(31-36-49)53-25-13-26-54-55-37-32-43-18-7-8-24-52(43)58(55)61-57(53)54)48-33-28-41(29-34-48)45-19-11-21-47(38-45)59-56-27-10-9-23-51(56)42-16-5-2-6-17-42/h1-39,59H. The molecule has 0 unspecified atom stereocenters. The zero-order valence-corrected chi connectivity index (χ0v) is 34.2. The molecule has 1 N–H and O–H groups in total.